The molecule has 1 aromatic heterocycles. The number of aromatic amines is 1. The van der Waals surface area contributed by atoms with Crippen LogP contribution in [0.1, 0.15) is 28.4 Å². The zero-order valence-electron chi connectivity index (χ0n) is 18.9. The topological polar surface area (TPSA) is 56.4 Å². The number of nitrogens with zero attached hydrogens (tertiary/aromatic N) is 2. The van der Waals surface area contributed by atoms with Crippen molar-refractivity contribution in [1.29, 1.82) is 0 Å². The summed E-state index contributed by atoms with van der Waals surface area (Å²) in [5.41, 5.74) is 4.63. The lowest BCUT2D eigenvalue weighted by atomic mass is 9.86. The maximum Gasteiger partial charge on any atom is 0.246 e. The summed E-state index contributed by atoms with van der Waals surface area (Å²) in [6.07, 6.45) is 0.928. The minimum Gasteiger partial charge on any atom is -0.356 e. The van der Waals surface area contributed by atoms with Gasteiger partial charge in [-0.05, 0) is 53.4 Å². The first-order valence-corrected chi connectivity index (χ1v) is 12.1. The molecule has 0 saturated carbocycles. The molecule has 2 atom stereocenters. The lowest BCUT2D eigenvalue weighted by Gasteiger charge is -2.47. The summed E-state index contributed by atoms with van der Waals surface area (Å²) in [5.74, 6) is -0.495. The van der Waals surface area contributed by atoms with E-state index in [2.05, 4.69) is 4.98 Å². The number of amides is 2. The highest BCUT2D eigenvalue weighted by Gasteiger charge is 2.48. The third kappa shape index (κ3) is 3.78. The number of H-pyrrole nitrogens is 1. The van der Waals surface area contributed by atoms with Gasteiger partial charge < -0.3 is 14.8 Å². The zero-order valence-corrected chi connectivity index (χ0v) is 19.6. The van der Waals surface area contributed by atoms with E-state index in [0.717, 1.165) is 33.3 Å². The third-order valence-electron chi connectivity index (χ3n) is 7.07. The molecule has 0 bridgehead atoms. The molecule has 2 aliphatic heterocycles. The van der Waals surface area contributed by atoms with Gasteiger partial charge in [-0.25, -0.2) is 4.39 Å². The SMILES string of the molecule is O=C1[C@@H]2Cc3c([nH]c4ccccc34)[C@@H](c3cccc(Cl)c3)N2C(=O)CN1CCc1cccc(F)c1. The van der Waals surface area contributed by atoms with Crippen molar-refractivity contribution in [3.63, 3.8) is 0 Å². The number of nitrogens with one attached hydrogen (secondary N) is 1. The first-order chi connectivity index (χ1) is 17.0. The number of carbonyl (C=O) groups excluding carboxylic acids is 2. The standard InChI is InChI=1S/C28H23ClFN3O2/c29-19-7-4-6-18(14-19)27-26-22(21-9-1-2-10-23(21)31-26)15-24-28(35)32(16-25(34)33(24)27)12-11-17-5-3-8-20(30)13-17/h1-10,13-14,24,27,31H,11-12,15-16H2/t24-,27+/m0/s1. The average Bonchev–Trinajstić information content (AvgIpc) is 3.22. The second-order valence-corrected chi connectivity index (χ2v) is 9.62. The Kier molecular flexibility index (Phi) is 5.33. The van der Waals surface area contributed by atoms with Gasteiger partial charge in [-0.15, -0.1) is 0 Å². The highest BCUT2D eigenvalue weighted by molar-refractivity contribution is 6.30. The van der Waals surface area contributed by atoms with Gasteiger partial charge in [0.15, 0.2) is 0 Å². The predicted molar refractivity (Wildman–Crippen MR) is 133 cm³/mol. The van der Waals surface area contributed by atoms with Gasteiger partial charge in [0, 0.05) is 34.6 Å². The molecular formula is C28H23ClFN3O2. The van der Waals surface area contributed by atoms with E-state index in [1.807, 2.05) is 48.5 Å². The van der Waals surface area contributed by atoms with E-state index in [4.69, 9.17) is 11.6 Å². The van der Waals surface area contributed by atoms with E-state index in [9.17, 15) is 14.0 Å². The quantitative estimate of drug-likeness (QED) is 0.445. The number of fused-ring (bicyclic) bond motifs is 4. The Balaban J connectivity index is 1.39. The van der Waals surface area contributed by atoms with E-state index >= 15 is 0 Å². The number of hydrogen-bond acceptors (Lipinski definition) is 2. The second-order valence-electron chi connectivity index (χ2n) is 9.18. The zero-order chi connectivity index (χ0) is 24.1. The van der Waals surface area contributed by atoms with Crippen LogP contribution in [0.2, 0.25) is 5.02 Å². The first-order valence-electron chi connectivity index (χ1n) is 11.7. The first kappa shape index (κ1) is 21.9. The van der Waals surface area contributed by atoms with Crippen LogP contribution in [0.3, 0.4) is 0 Å². The molecule has 176 valence electrons. The minimum absolute atomic E-state index is 0.00270. The molecule has 0 unspecified atom stereocenters. The van der Waals surface area contributed by atoms with Crippen LogP contribution in [-0.2, 0) is 22.4 Å². The van der Waals surface area contributed by atoms with Crippen LogP contribution in [0.25, 0.3) is 10.9 Å². The van der Waals surface area contributed by atoms with Crippen molar-refractivity contribution >= 4 is 34.3 Å². The van der Waals surface area contributed by atoms with Crippen molar-refractivity contribution in [2.24, 2.45) is 0 Å². The molecule has 1 N–H and O–H groups in total. The van der Waals surface area contributed by atoms with Gasteiger partial charge in [0.2, 0.25) is 11.8 Å². The molecule has 2 aliphatic rings. The van der Waals surface area contributed by atoms with Crippen LogP contribution >= 0.6 is 11.6 Å². The second kappa shape index (κ2) is 8.54. The van der Waals surface area contributed by atoms with Gasteiger partial charge in [-0.1, -0.05) is 54.1 Å². The van der Waals surface area contributed by atoms with Gasteiger partial charge in [0.05, 0.1) is 12.6 Å². The van der Waals surface area contributed by atoms with Crippen LogP contribution in [0, 0.1) is 5.82 Å². The van der Waals surface area contributed by atoms with Crippen LogP contribution in [0.5, 0.6) is 0 Å². The molecule has 0 radical (unpaired) electrons. The molecule has 5 nitrogen and oxygen atoms in total. The van der Waals surface area contributed by atoms with Gasteiger partial charge >= 0.3 is 0 Å². The van der Waals surface area contributed by atoms with Crippen molar-refractivity contribution < 1.29 is 14.0 Å². The maximum absolute atomic E-state index is 13.7. The average molecular weight is 488 g/mol. The van der Waals surface area contributed by atoms with Crippen molar-refractivity contribution in [2.45, 2.75) is 24.9 Å². The highest BCUT2D eigenvalue weighted by Crippen LogP contribution is 2.42. The Bertz CT molecular complexity index is 1470. The number of benzene rings is 3. The summed E-state index contributed by atoms with van der Waals surface area (Å²) in [7, 11) is 0. The lowest BCUT2D eigenvalue weighted by molar-refractivity contribution is -0.158. The smallest absolute Gasteiger partial charge is 0.246 e. The van der Waals surface area contributed by atoms with Crippen molar-refractivity contribution in [3.8, 4) is 0 Å². The molecule has 6 rings (SSSR count). The number of piperazine rings is 1. The molecule has 0 spiro atoms. The molecule has 35 heavy (non-hydrogen) atoms. The van der Waals surface area contributed by atoms with Gasteiger partial charge in [-0.3, -0.25) is 9.59 Å². The molecule has 3 heterocycles. The number of hydrogen-bond donors (Lipinski definition) is 1. The predicted octanol–water partition coefficient (Wildman–Crippen LogP) is 4.89. The Morgan fingerprint density at radius 1 is 1.00 bits per heavy atom. The van der Waals surface area contributed by atoms with E-state index in [0.29, 0.717) is 24.4 Å². The molecule has 4 aromatic rings. The molecule has 0 aliphatic carbocycles. The summed E-state index contributed by atoms with van der Waals surface area (Å²) in [4.78, 5) is 34.2. The Morgan fingerprint density at radius 2 is 1.83 bits per heavy atom. The molecular weight excluding hydrogens is 465 g/mol. The van der Waals surface area contributed by atoms with Crippen LogP contribution < -0.4 is 0 Å². The highest BCUT2D eigenvalue weighted by atomic mass is 35.5. The van der Waals surface area contributed by atoms with E-state index in [1.54, 1.807) is 21.9 Å². The van der Waals surface area contributed by atoms with Crippen molar-refractivity contribution in [1.82, 2.24) is 14.8 Å². The molecule has 3 aromatic carbocycles. The van der Waals surface area contributed by atoms with Crippen LogP contribution in [-0.4, -0.2) is 45.7 Å². The maximum atomic E-state index is 13.7. The van der Waals surface area contributed by atoms with Crippen molar-refractivity contribution in [2.75, 3.05) is 13.1 Å². The van der Waals surface area contributed by atoms with E-state index in [1.165, 1.54) is 12.1 Å². The Labute approximate surface area is 207 Å². The molecule has 1 fully saturated rings. The van der Waals surface area contributed by atoms with Gasteiger partial charge in [0.25, 0.3) is 0 Å². The van der Waals surface area contributed by atoms with Crippen LogP contribution in [0.4, 0.5) is 4.39 Å². The van der Waals surface area contributed by atoms with Crippen molar-refractivity contribution in [3.05, 3.63) is 106 Å². The Hall–Kier alpha value is -3.64. The molecule has 7 heteroatoms. The largest absolute Gasteiger partial charge is 0.356 e. The van der Waals surface area contributed by atoms with Gasteiger partial charge in [0.1, 0.15) is 11.9 Å². The Morgan fingerprint density at radius 3 is 2.66 bits per heavy atom. The van der Waals surface area contributed by atoms with E-state index < -0.39 is 12.1 Å². The number of aromatic nitrogens is 1. The summed E-state index contributed by atoms with van der Waals surface area (Å²) in [6, 6.07) is 20.8. The summed E-state index contributed by atoms with van der Waals surface area (Å²) in [6.45, 7) is 0.359. The number of rotatable bonds is 4. The van der Waals surface area contributed by atoms with Gasteiger partial charge in [-0.2, -0.15) is 0 Å². The summed E-state index contributed by atoms with van der Waals surface area (Å²) < 4.78 is 13.6. The summed E-state index contributed by atoms with van der Waals surface area (Å²) in [5, 5.41) is 1.64. The lowest BCUT2D eigenvalue weighted by Crippen LogP contribution is -2.63. The summed E-state index contributed by atoms with van der Waals surface area (Å²) >= 11 is 6.33. The minimum atomic E-state index is -0.612. The molecule has 2 amide bonds. The number of halogens is 2. The fourth-order valence-electron chi connectivity index (χ4n) is 5.49. The fourth-order valence-corrected chi connectivity index (χ4v) is 5.69. The van der Waals surface area contributed by atoms with E-state index in [-0.39, 0.29) is 24.2 Å². The fraction of sp³-hybridized carbons (Fsp3) is 0.214. The normalized spacial score (nSPS) is 19.7. The third-order valence-corrected chi connectivity index (χ3v) is 7.30. The number of para-hydroxylation sites is 1. The molecule has 1 saturated heterocycles. The van der Waals surface area contributed by atoms with Crippen LogP contribution in [0.15, 0.2) is 72.8 Å². The number of carbonyl (C=O) groups is 2. The monoisotopic (exact) mass is 487 g/mol.